The minimum Gasteiger partial charge on any atom is -0.372 e. The molecule has 1 unspecified atom stereocenters. The second kappa shape index (κ2) is 7.77. The molecule has 0 fully saturated rings. The zero-order valence-electron chi connectivity index (χ0n) is 5.68. The van der Waals surface area contributed by atoms with Crippen LogP contribution in [0.4, 0.5) is 0 Å². The van der Waals surface area contributed by atoms with Crippen molar-refractivity contribution >= 4 is 12.4 Å². The number of methoxy groups -OCH3 is 1. The molecule has 0 heterocycles. The molecular formula is C6H12ClNO. The summed E-state index contributed by atoms with van der Waals surface area (Å²) in [5.74, 6) is 5.49. The van der Waals surface area contributed by atoms with Crippen molar-refractivity contribution in [3.8, 4) is 11.8 Å². The molecule has 9 heavy (non-hydrogen) atoms. The predicted octanol–water partition coefficient (Wildman–Crippen LogP) is 0.405. The Labute approximate surface area is 62.2 Å². The second-order valence-electron chi connectivity index (χ2n) is 1.54. The lowest BCUT2D eigenvalue weighted by atomic mass is 10.4. The van der Waals surface area contributed by atoms with Gasteiger partial charge in [-0.25, -0.2) is 0 Å². The van der Waals surface area contributed by atoms with E-state index in [1.807, 2.05) is 6.92 Å². The summed E-state index contributed by atoms with van der Waals surface area (Å²) in [7, 11) is 1.61. The van der Waals surface area contributed by atoms with Crippen LogP contribution in [-0.2, 0) is 4.74 Å². The van der Waals surface area contributed by atoms with E-state index in [0.29, 0.717) is 6.61 Å². The van der Waals surface area contributed by atoms with Crippen LogP contribution in [0.5, 0.6) is 0 Å². The van der Waals surface area contributed by atoms with Gasteiger partial charge < -0.3 is 10.5 Å². The standard InChI is InChI=1S/C6H11NO.ClH/c1-6(7)4-3-5-8-2;/h6H,5,7H2,1-2H3;1H. The topological polar surface area (TPSA) is 35.2 Å². The molecule has 0 bridgehead atoms. The van der Waals surface area contributed by atoms with Gasteiger partial charge in [0.25, 0.3) is 0 Å². The largest absolute Gasteiger partial charge is 0.372 e. The van der Waals surface area contributed by atoms with Crippen LogP contribution in [0.15, 0.2) is 0 Å². The van der Waals surface area contributed by atoms with E-state index in [4.69, 9.17) is 5.73 Å². The summed E-state index contributed by atoms with van der Waals surface area (Å²) in [6.45, 7) is 2.31. The minimum absolute atomic E-state index is 0. The average Bonchev–Trinajstić information content (AvgIpc) is 1.66. The fraction of sp³-hybridized carbons (Fsp3) is 0.667. The molecule has 0 saturated heterocycles. The Morgan fingerprint density at radius 2 is 2.22 bits per heavy atom. The third kappa shape index (κ3) is 11.4. The lowest BCUT2D eigenvalue weighted by Gasteiger charge is -1.87. The number of halogens is 1. The van der Waals surface area contributed by atoms with Gasteiger partial charge >= 0.3 is 0 Å². The van der Waals surface area contributed by atoms with Gasteiger partial charge in [0, 0.05) is 7.11 Å². The number of hydrogen-bond donors (Lipinski definition) is 1. The van der Waals surface area contributed by atoms with Crippen LogP contribution in [0.1, 0.15) is 6.92 Å². The third-order valence-corrected chi connectivity index (χ3v) is 0.546. The van der Waals surface area contributed by atoms with E-state index < -0.39 is 0 Å². The molecule has 0 saturated carbocycles. The van der Waals surface area contributed by atoms with E-state index in [1.165, 1.54) is 0 Å². The highest BCUT2D eigenvalue weighted by atomic mass is 35.5. The molecule has 0 spiro atoms. The number of nitrogens with two attached hydrogens (primary N) is 1. The van der Waals surface area contributed by atoms with Crippen molar-refractivity contribution in [2.45, 2.75) is 13.0 Å². The lowest BCUT2D eigenvalue weighted by molar-refractivity contribution is 0.239. The van der Waals surface area contributed by atoms with Crippen LogP contribution >= 0.6 is 12.4 Å². The molecule has 3 heteroatoms. The summed E-state index contributed by atoms with van der Waals surface area (Å²) in [5, 5.41) is 0. The molecule has 0 rings (SSSR count). The summed E-state index contributed by atoms with van der Waals surface area (Å²) < 4.78 is 4.66. The van der Waals surface area contributed by atoms with E-state index in [-0.39, 0.29) is 18.4 Å². The SMILES string of the molecule is COCC#CC(C)N.Cl. The fourth-order valence-electron chi connectivity index (χ4n) is 0.275. The van der Waals surface area contributed by atoms with Gasteiger partial charge in [0.2, 0.25) is 0 Å². The van der Waals surface area contributed by atoms with Gasteiger partial charge in [0.1, 0.15) is 6.61 Å². The van der Waals surface area contributed by atoms with E-state index in [0.717, 1.165) is 0 Å². The Balaban J connectivity index is 0. The highest BCUT2D eigenvalue weighted by Crippen LogP contribution is 1.67. The Bertz CT molecular complexity index is 103. The monoisotopic (exact) mass is 149 g/mol. The number of rotatable bonds is 1. The van der Waals surface area contributed by atoms with Crippen molar-refractivity contribution in [2.24, 2.45) is 5.73 Å². The van der Waals surface area contributed by atoms with Crippen molar-refractivity contribution in [2.75, 3.05) is 13.7 Å². The first kappa shape index (κ1) is 11.6. The summed E-state index contributed by atoms with van der Waals surface area (Å²) in [4.78, 5) is 0. The number of hydrogen-bond acceptors (Lipinski definition) is 2. The van der Waals surface area contributed by atoms with Gasteiger partial charge in [0.05, 0.1) is 6.04 Å². The van der Waals surface area contributed by atoms with E-state index >= 15 is 0 Å². The summed E-state index contributed by atoms with van der Waals surface area (Å²) in [5.41, 5.74) is 5.30. The van der Waals surface area contributed by atoms with Crippen LogP contribution in [0.25, 0.3) is 0 Å². The molecular weight excluding hydrogens is 138 g/mol. The smallest absolute Gasteiger partial charge is 0.107 e. The van der Waals surface area contributed by atoms with Gasteiger partial charge in [0.15, 0.2) is 0 Å². The number of ether oxygens (including phenoxy) is 1. The average molecular weight is 150 g/mol. The first-order valence-electron chi connectivity index (χ1n) is 2.50. The molecule has 0 aliphatic carbocycles. The van der Waals surface area contributed by atoms with E-state index in [2.05, 4.69) is 16.6 Å². The maximum absolute atomic E-state index is 5.30. The molecule has 54 valence electrons. The van der Waals surface area contributed by atoms with Gasteiger partial charge in [-0.15, -0.1) is 12.4 Å². The van der Waals surface area contributed by atoms with Crippen LogP contribution in [-0.4, -0.2) is 19.8 Å². The maximum Gasteiger partial charge on any atom is 0.107 e. The van der Waals surface area contributed by atoms with E-state index in [1.54, 1.807) is 7.11 Å². The Morgan fingerprint density at radius 3 is 2.56 bits per heavy atom. The minimum atomic E-state index is -0.0369. The van der Waals surface area contributed by atoms with Crippen molar-refractivity contribution in [3.63, 3.8) is 0 Å². The molecule has 0 aromatic carbocycles. The zero-order chi connectivity index (χ0) is 6.41. The van der Waals surface area contributed by atoms with Gasteiger partial charge in [-0.1, -0.05) is 11.8 Å². The molecule has 2 N–H and O–H groups in total. The molecule has 0 aliphatic heterocycles. The zero-order valence-corrected chi connectivity index (χ0v) is 6.49. The quantitative estimate of drug-likeness (QED) is 0.548. The first-order chi connectivity index (χ1) is 3.77. The van der Waals surface area contributed by atoms with Crippen LogP contribution in [0.2, 0.25) is 0 Å². The van der Waals surface area contributed by atoms with Gasteiger partial charge in [-0.2, -0.15) is 0 Å². The Morgan fingerprint density at radius 1 is 1.67 bits per heavy atom. The first-order valence-corrected chi connectivity index (χ1v) is 2.50. The van der Waals surface area contributed by atoms with Crippen LogP contribution < -0.4 is 5.73 Å². The van der Waals surface area contributed by atoms with E-state index in [9.17, 15) is 0 Å². The second-order valence-corrected chi connectivity index (χ2v) is 1.54. The van der Waals surface area contributed by atoms with Gasteiger partial charge in [-0.05, 0) is 6.92 Å². The van der Waals surface area contributed by atoms with Crippen LogP contribution in [0.3, 0.4) is 0 Å². The van der Waals surface area contributed by atoms with Crippen molar-refractivity contribution < 1.29 is 4.74 Å². The molecule has 0 aliphatic rings. The molecule has 0 radical (unpaired) electrons. The lowest BCUT2D eigenvalue weighted by Crippen LogP contribution is -2.11. The van der Waals surface area contributed by atoms with Crippen molar-refractivity contribution in [3.05, 3.63) is 0 Å². The molecule has 0 amide bonds. The van der Waals surface area contributed by atoms with Crippen molar-refractivity contribution in [1.82, 2.24) is 0 Å². The maximum atomic E-state index is 5.30. The normalized spacial score (nSPS) is 10.6. The summed E-state index contributed by atoms with van der Waals surface area (Å²) >= 11 is 0. The molecule has 2 nitrogen and oxygen atoms in total. The highest BCUT2D eigenvalue weighted by molar-refractivity contribution is 5.85. The highest BCUT2D eigenvalue weighted by Gasteiger charge is 1.78. The predicted molar refractivity (Wildman–Crippen MR) is 40.5 cm³/mol. The Hall–Kier alpha value is -0.230. The molecule has 0 aromatic heterocycles. The molecule has 0 aromatic rings. The summed E-state index contributed by atoms with van der Waals surface area (Å²) in [6.07, 6.45) is 0. The third-order valence-electron chi connectivity index (χ3n) is 0.546. The fourth-order valence-corrected chi connectivity index (χ4v) is 0.275. The summed E-state index contributed by atoms with van der Waals surface area (Å²) in [6, 6.07) is -0.0369. The van der Waals surface area contributed by atoms with Crippen molar-refractivity contribution in [1.29, 1.82) is 0 Å². The molecule has 1 atom stereocenters. The van der Waals surface area contributed by atoms with Gasteiger partial charge in [-0.3, -0.25) is 0 Å². The van der Waals surface area contributed by atoms with Crippen LogP contribution in [0, 0.1) is 11.8 Å². The Kier molecular flexibility index (Phi) is 9.97.